The molecule has 0 aliphatic heterocycles. The summed E-state index contributed by atoms with van der Waals surface area (Å²) in [5.41, 5.74) is 2.51. The second-order valence-electron chi connectivity index (χ2n) is 6.20. The first-order chi connectivity index (χ1) is 12.5. The minimum atomic E-state index is -0.558. The number of carbonyl (C=O) groups excluding carboxylic acids is 1. The normalized spacial score (nSPS) is 10.6. The van der Waals surface area contributed by atoms with Gasteiger partial charge in [0.15, 0.2) is 0 Å². The summed E-state index contributed by atoms with van der Waals surface area (Å²) in [6.07, 6.45) is 1.65. The standard InChI is InChI=1S/C21H19FN2O2/c1-14-6-3-4-7-16(14)13-24-11-5-8-18(21(24)26)20(25)23-17-10-9-15(2)19(22)12-17/h3-12H,13H2,1-2H3,(H,23,25). The Kier molecular flexibility index (Phi) is 4.98. The van der Waals surface area contributed by atoms with Crippen LogP contribution in [0.25, 0.3) is 0 Å². The summed E-state index contributed by atoms with van der Waals surface area (Å²) in [6.45, 7) is 4.00. The van der Waals surface area contributed by atoms with E-state index < -0.39 is 11.7 Å². The van der Waals surface area contributed by atoms with Gasteiger partial charge in [0.25, 0.3) is 11.5 Å². The number of aryl methyl sites for hydroxylation is 2. The SMILES string of the molecule is Cc1ccc(NC(=O)c2cccn(Cc3ccccc3C)c2=O)cc1F. The smallest absolute Gasteiger partial charge is 0.263 e. The highest BCUT2D eigenvalue weighted by Crippen LogP contribution is 2.14. The fourth-order valence-electron chi connectivity index (χ4n) is 2.67. The Labute approximate surface area is 150 Å². The lowest BCUT2D eigenvalue weighted by molar-refractivity contribution is 0.102. The molecule has 0 aliphatic carbocycles. The first-order valence-electron chi connectivity index (χ1n) is 8.27. The van der Waals surface area contributed by atoms with Gasteiger partial charge in [-0.1, -0.05) is 30.3 Å². The van der Waals surface area contributed by atoms with Crippen LogP contribution in [-0.4, -0.2) is 10.5 Å². The summed E-state index contributed by atoms with van der Waals surface area (Å²) in [7, 11) is 0. The van der Waals surface area contributed by atoms with Gasteiger partial charge in [0.05, 0.1) is 6.54 Å². The van der Waals surface area contributed by atoms with E-state index in [0.717, 1.165) is 11.1 Å². The fraction of sp³-hybridized carbons (Fsp3) is 0.143. The summed E-state index contributed by atoms with van der Waals surface area (Å²) >= 11 is 0. The van der Waals surface area contributed by atoms with E-state index in [-0.39, 0.29) is 11.1 Å². The van der Waals surface area contributed by atoms with Crippen molar-refractivity contribution in [3.8, 4) is 0 Å². The van der Waals surface area contributed by atoms with Gasteiger partial charge >= 0.3 is 0 Å². The predicted octanol–water partition coefficient (Wildman–Crippen LogP) is 3.90. The highest BCUT2D eigenvalue weighted by molar-refractivity contribution is 6.04. The van der Waals surface area contributed by atoms with Crippen LogP contribution in [0.1, 0.15) is 27.0 Å². The van der Waals surface area contributed by atoms with Gasteiger partial charge in [-0.15, -0.1) is 0 Å². The molecule has 0 bridgehead atoms. The Bertz CT molecular complexity index is 1020. The molecule has 0 spiro atoms. The molecule has 5 heteroatoms. The molecule has 3 aromatic rings. The number of hydrogen-bond acceptors (Lipinski definition) is 2. The summed E-state index contributed by atoms with van der Waals surface area (Å²) in [5.74, 6) is -0.967. The number of nitrogens with zero attached hydrogens (tertiary/aromatic N) is 1. The average Bonchev–Trinajstić information content (AvgIpc) is 2.61. The van der Waals surface area contributed by atoms with Crippen LogP contribution in [-0.2, 0) is 6.54 Å². The second-order valence-corrected chi connectivity index (χ2v) is 6.20. The van der Waals surface area contributed by atoms with E-state index in [9.17, 15) is 14.0 Å². The molecule has 0 unspecified atom stereocenters. The van der Waals surface area contributed by atoms with Gasteiger partial charge < -0.3 is 9.88 Å². The molecule has 1 heterocycles. The molecule has 4 nitrogen and oxygen atoms in total. The number of carbonyl (C=O) groups is 1. The number of nitrogens with one attached hydrogen (secondary N) is 1. The zero-order valence-corrected chi connectivity index (χ0v) is 14.6. The van der Waals surface area contributed by atoms with Crippen molar-refractivity contribution in [2.75, 3.05) is 5.32 Å². The van der Waals surface area contributed by atoms with E-state index in [0.29, 0.717) is 17.8 Å². The van der Waals surface area contributed by atoms with Gasteiger partial charge in [-0.2, -0.15) is 0 Å². The van der Waals surface area contributed by atoms with Gasteiger partial charge in [-0.25, -0.2) is 4.39 Å². The molecule has 1 amide bonds. The third-order valence-corrected chi connectivity index (χ3v) is 4.30. The van der Waals surface area contributed by atoms with E-state index in [1.807, 2.05) is 31.2 Å². The molecule has 132 valence electrons. The monoisotopic (exact) mass is 350 g/mol. The van der Waals surface area contributed by atoms with Crippen LogP contribution >= 0.6 is 0 Å². The molecular formula is C21H19FN2O2. The molecule has 26 heavy (non-hydrogen) atoms. The van der Waals surface area contributed by atoms with Crippen LogP contribution in [0, 0.1) is 19.7 Å². The van der Waals surface area contributed by atoms with E-state index in [1.165, 1.54) is 16.7 Å². The Morgan fingerprint density at radius 3 is 2.54 bits per heavy atom. The van der Waals surface area contributed by atoms with Crippen LogP contribution < -0.4 is 10.9 Å². The zero-order chi connectivity index (χ0) is 18.7. The Hall–Kier alpha value is -3.21. The molecule has 0 aliphatic rings. The van der Waals surface area contributed by atoms with Crippen molar-refractivity contribution in [3.05, 3.63) is 99.2 Å². The Morgan fingerprint density at radius 2 is 1.81 bits per heavy atom. The first-order valence-corrected chi connectivity index (χ1v) is 8.27. The number of rotatable bonds is 4. The van der Waals surface area contributed by atoms with Crippen molar-refractivity contribution in [2.24, 2.45) is 0 Å². The quantitative estimate of drug-likeness (QED) is 0.776. The molecule has 0 radical (unpaired) electrons. The molecular weight excluding hydrogens is 331 g/mol. The minimum Gasteiger partial charge on any atom is -0.322 e. The molecule has 1 aromatic heterocycles. The number of hydrogen-bond donors (Lipinski definition) is 1. The third kappa shape index (κ3) is 3.72. The van der Waals surface area contributed by atoms with Gasteiger partial charge in [-0.05, 0) is 54.8 Å². The lowest BCUT2D eigenvalue weighted by atomic mass is 10.1. The number of pyridine rings is 1. The topological polar surface area (TPSA) is 51.1 Å². The third-order valence-electron chi connectivity index (χ3n) is 4.30. The zero-order valence-electron chi connectivity index (χ0n) is 14.6. The second kappa shape index (κ2) is 7.35. The van der Waals surface area contributed by atoms with Gasteiger partial charge in [0.1, 0.15) is 11.4 Å². The van der Waals surface area contributed by atoms with Crippen LogP contribution in [0.2, 0.25) is 0 Å². The van der Waals surface area contributed by atoms with Crippen LogP contribution in [0.3, 0.4) is 0 Å². The number of amides is 1. The van der Waals surface area contributed by atoms with E-state index in [1.54, 1.807) is 31.3 Å². The minimum absolute atomic E-state index is 0.0158. The van der Waals surface area contributed by atoms with Crippen molar-refractivity contribution >= 4 is 11.6 Å². The Morgan fingerprint density at radius 1 is 1.04 bits per heavy atom. The summed E-state index contributed by atoms with van der Waals surface area (Å²) < 4.78 is 15.1. The van der Waals surface area contributed by atoms with Crippen molar-refractivity contribution in [3.63, 3.8) is 0 Å². The van der Waals surface area contributed by atoms with Crippen LogP contribution in [0.5, 0.6) is 0 Å². The lowest BCUT2D eigenvalue weighted by Gasteiger charge is -2.11. The molecule has 0 fully saturated rings. The fourth-order valence-corrected chi connectivity index (χ4v) is 2.67. The highest BCUT2D eigenvalue weighted by atomic mass is 19.1. The van der Waals surface area contributed by atoms with E-state index in [4.69, 9.17) is 0 Å². The molecule has 0 saturated heterocycles. The van der Waals surface area contributed by atoms with Crippen molar-refractivity contribution in [1.82, 2.24) is 4.57 Å². The molecule has 2 aromatic carbocycles. The van der Waals surface area contributed by atoms with Gasteiger partial charge in [0, 0.05) is 11.9 Å². The first kappa shape index (κ1) is 17.6. The van der Waals surface area contributed by atoms with Crippen LogP contribution in [0.15, 0.2) is 65.6 Å². The summed E-state index contributed by atoms with van der Waals surface area (Å²) in [6, 6.07) is 15.3. The maximum Gasteiger partial charge on any atom is 0.263 e. The number of halogens is 1. The van der Waals surface area contributed by atoms with E-state index >= 15 is 0 Å². The average molecular weight is 350 g/mol. The maximum absolute atomic E-state index is 13.6. The summed E-state index contributed by atoms with van der Waals surface area (Å²) in [5, 5.41) is 2.58. The number of benzene rings is 2. The Balaban J connectivity index is 1.86. The predicted molar refractivity (Wildman–Crippen MR) is 100 cm³/mol. The number of aromatic nitrogens is 1. The van der Waals surface area contributed by atoms with Crippen molar-refractivity contribution in [1.29, 1.82) is 0 Å². The highest BCUT2D eigenvalue weighted by Gasteiger charge is 2.13. The maximum atomic E-state index is 13.6. The van der Waals surface area contributed by atoms with Crippen LogP contribution in [0.4, 0.5) is 10.1 Å². The molecule has 0 atom stereocenters. The van der Waals surface area contributed by atoms with Gasteiger partial charge in [0.2, 0.25) is 0 Å². The number of anilines is 1. The lowest BCUT2D eigenvalue weighted by Crippen LogP contribution is -2.29. The van der Waals surface area contributed by atoms with Crippen molar-refractivity contribution < 1.29 is 9.18 Å². The largest absolute Gasteiger partial charge is 0.322 e. The van der Waals surface area contributed by atoms with E-state index in [2.05, 4.69) is 5.32 Å². The molecule has 0 saturated carbocycles. The van der Waals surface area contributed by atoms with Gasteiger partial charge in [-0.3, -0.25) is 9.59 Å². The molecule has 3 rings (SSSR count). The summed E-state index contributed by atoms with van der Waals surface area (Å²) in [4.78, 5) is 25.1. The van der Waals surface area contributed by atoms with Crippen molar-refractivity contribution in [2.45, 2.75) is 20.4 Å². The molecule has 1 N–H and O–H groups in total.